The highest BCUT2D eigenvalue weighted by molar-refractivity contribution is 7.80. The van der Waals surface area contributed by atoms with Crippen molar-refractivity contribution in [3.05, 3.63) is 42.1 Å². The number of nitrogens with zero attached hydrogens (tertiary/aromatic N) is 3. The van der Waals surface area contributed by atoms with E-state index < -0.39 is 0 Å². The van der Waals surface area contributed by atoms with E-state index in [9.17, 15) is 0 Å². The molecule has 0 amide bonds. The Morgan fingerprint density at radius 3 is 2.65 bits per heavy atom. The van der Waals surface area contributed by atoms with Crippen LogP contribution in [0, 0.1) is 6.92 Å². The first-order chi connectivity index (χ1) is 8.16. The molecule has 0 saturated carbocycles. The summed E-state index contributed by atoms with van der Waals surface area (Å²) in [7, 11) is 0. The van der Waals surface area contributed by atoms with Gasteiger partial charge in [-0.05, 0) is 19.1 Å². The van der Waals surface area contributed by atoms with Gasteiger partial charge in [0.25, 0.3) is 0 Å². The molecule has 0 fully saturated rings. The quantitative estimate of drug-likeness (QED) is 0.799. The molecule has 0 aromatic carbocycles. The zero-order valence-electron chi connectivity index (χ0n) is 9.21. The van der Waals surface area contributed by atoms with E-state index in [-0.39, 0.29) is 0 Å². The van der Waals surface area contributed by atoms with Crippen LogP contribution in [0.2, 0.25) is 0 Å². The Balaban J connectivity index is 2.37. The zero-order valence-corrected chi connectivity index (χ0v) is 10.0. The number of hydrogen-bond acceptors (Lipinski definition) is 5. The summed E-state index contributed by atoms with van der Waals surface area (Å²) in [5.41, 5.74) is 7.96. The van der Waals surface area contributed by atoms with E-state index in [1.807, 2.05) is 19.1 Å². The monoisotopic (exact) mass is 245 g/mol. The highest BCUT2D eigenvalue weighted by atomic mass is 32.1. The van der Waals surface area contributed by atoms with Gasteiger partial charge in [0.1, 0.15) is 17.1 Å². The summed E-state index contributed by atoms with van der Waals surface area (Å²) in [5, 5.41) is 3.09. The Hall–Kier alpha value is -2.08. The van der Waals surface area contributed by atoms with E-state index in [4.69, 9.17) is 18.0 Å². The van der Waals surface area contributed by atoms with Crippen LogP contribution in [-0.4, -0.2) is 19.9 Å². The molecule has 86 valence electrons. The van der Waals surface area contributed by atoms with Gasteiger partial charge in [-0.25, -0.2) is 15.0 Å². The second kappa shape index (κ2) is 4.84. The van der Waals surface area contributed by atoms with Gasteiger partial charge in [0, 0.05) is 5.69 Å². The van der Waals surface area contributed by atoms with Gasteiger partial charge in [-0.1, -0.05) is 12.2 Å². The Kier molecular flexibility index (Phi) is 3.24. The topological polar surface area (TPSA) is 76.7 Å². The molecule has 0 unspecified atom stereocenters. The predicted molar refractivity (Wildman–Crippen MR) is 70.2 cm³/mol. The summed E-state index contributed by atoms with van der Waals surface area (Å²) in [5.74, 6) is 0.618. The van der Waals surface area contributed by atoms with Gasteiger partial charge in [0.05, 0.1) is 23.6 Å². The number of nitrogens with one attached hydrogen (secondary N) is 1. The molecule has 17 heavy (non-hydrogen) atoms. The van der Waals surface area contributed by atoms with Crippen molar-refractivity contribution in [2.75, 3.05) is 5.32 Å². The van der Waals surface area contributed by atoms with Crippen LogP contribution in [0.3, 0.4) is 0 Å². The Morgan fingerprint density at radius 1 is 1.29 bits per heavy atom. The maximum Gasteiger partial charge on any atom is 0.140 e. The number of pyridine rings is 1. The molecule has 5 nitrogen and oxygen atoms in total. The minimum atomic E-state index is 0.303. The smallest absolute Gasteiger partial charge is 0.140 e. The van der Waals surface area contributed by atoms with E-state index in [0.717, 1.165) is 11.4 Å². The Morgan fingerprint density at radius 2 is 2.00 bits per heavy atom. The van der Waals surface area contributed by atoms with Crippen molar-refractivity contribution < 1.29 is 0 Å². The average Bonchev–Trinajstić information content (AvgIpc) is 2.30. The van der Waals surface area contributed by atoms with Crippen molar-refractivity contribution in [2.24, 2.45) is 5.73 Å². The van der Waals surface area contributed by atoms with Gasteiger partial charge in [0.15, 0.2) is 0 Å². The first-order valence-electron chi connectivity index (χ1n) is 4.96. The van der Waals surface area contributed by atoms with Crippen LogP contribution in [0.25, 0.3) is 0 Å². The summed E-state index contributed by atoms with van der Waals surface area (Å²) in [4.78, 5) is 12.5. The second-order valence-corrected chi connectivity index (χ2v) is 3.91. The maximum absolute atomic E-state index is 5.64. The minimum Gasteiger partial charge on any atom is -0.389 e. The van der Waals surface area contributed by atoms with Crippen molar-refractivity contribution >= 4 is 28.7 Å². The largest absolute Gasteiger partial charge is 0.389 e. The standard InChI is InChI=1S/C11H11N5S/c1-7-2-3-9(10(12)17)11(15-7)16-8-4-13-6-14-5-8/h2-6H,1H3,(H2,12,17)(H,15,16). The molecule has 0 bridgehead atoms. The lowest BCUT2D eigenvalue weighted by Crippen LogP contribution is -2.13. The second-order valence-electron chi connectivity index (χ2n) is 3.47. The van der Waals surface area contributed by atoms with Crippen molar-refractivity contribution in [3.8, 4) is 0 Å². The van der Waals surface area contributed by atoms with Crippen LogP contribution in [-0.2, 0) is 0 Å². The number of anilines is 2. The molecule has 2 aromatic heterocycles. The van der Waals surface area contributed by atoms with Gasteiger partial charge >= 0.3 is 0 Å². The van der Waals surface area contributed by atoms with Gasteiger partial charge in [-0.15, -0.1) is 0 Å². The lowest BCUT2D eigenvalue weighted by molar-refractivity contribution is 1.15. The van der Waals surface area contributed by atoms with E-state index in [0.29, 0.717) is 16.4 Å². The van der Waals surface area contributed by atoms with E-state index in [1.165, 1.54) is 6.33 Å². The fourth-order valence-corrected chi connectivity index (χ4v) is 1.52. The van der Waals surface area contributed by atoms with E-state index in [1.54, 1.807) is 12.4 Å². The molecule has 2 heterocycles. The van der Waals surface area contributed by atoms with E-state index >= 15 is 0 Å². The molecule has 0 aliphatic heterocycles. The number of aromatic nitrogens is 3. The fraction of sp³-hybridized carbons (Fsp3) is 0.0909. The van der Waals surface area contributed by atoms with Crippen molar-refractivity contribution in [3.63, 3.8) is 0 Å². The number of hydrogen-bond donors (Lipinski definition) is 2. The molecular formula is C11H11N5S. The molecular weight excluding hydrogens is 234 g/mol. The zero-order chi connectivity index (χ0) is 12.3. The van der Waals surface area contributed by atoms with Crippen LogP contribution < -0.4 is 11.1 Å². The average molecular weight is 245 g/mol. The molecule has 0 spiro atoms. The highest BCUT2D eigenvalue weighted by Crippen LogP contribution is 2.18. The van der Waals surface area contributed by atoms with Crippen LogP contribution in [0.1, 0.15) is 11.3 Å². The molecule has 2 rings (SSSR count). The SMILES string of the molecule is Cc1ccc(C(N)=S)c(Nc2cncnc2)n1. The van der Waals surface area contributed by atoms with Crippen LogP contribution in [0.4, 0.5) is 11.5 Å². The number of thiocarbonyl (C=S) groups is 1. The molecule has 2 aromatic rings. The van der Waals surface area contributed by atoms with Crippen molar-refractivity contribution in [1.82, 2.24) is 15.0 Å². The molecule has 0 atom stereocenters. The minimum absolute atomic E-state index is 0.303. The van der Waals surface area contributed by atoms with Gasteiger partial charge in [0.2, 0.25) is 0 Å². The lowest BCUT2D eigenvalue weighted by Gasteiger charge is -2.10. The Labute approximate surface area is 104 Å². The summed E-state index contributed by atoms with van der Waals surface area (Å²) >= 11 is 4.98. The summed E-state index contributed by atoms with van der Waals surface area (Å²) in [6.07, 6.45) is 4.77. The third kappa shape index (κ3) is 2.73. The van der Waals surface area contributed by atoms with E-state index in [2.05, 4.69) is 20.3 Å². The third-order valence-corrected chi connectivity index (χ3v) is 2.34. The summed E-state index contributed by atoms with van der Waals surface area (Å²) < 4.78 is 0. The lowest BCUT2D eigenvalue weighted by atomic mass is 10.2. The van der Waals surface area contributed by atoms with Crippen LogP contribution in [0.15, 0.2) is 30.9 Å². The number of aryl methyl sites for hydroxylation is 1. The third-order valence-electron chi connectivity index (χ3n) is 2.12. The van der Waals surface area contributed by atoms with Gasteiger partial charge in [-0.3, -0.25) is 0 Å². The van der Waals surface area contributed by atoms with Gasteiger partial charge in [-0.2, -0.15) is 0 Å². The van der Waals surface area contributed by atoms with Crippen molar-refractivity contribution in [2.45, 2.75) is 6.92 Å². The molecule has 3 N–H and O–H groups in total. The van der Waals surface area contributed by atoms with Gasteiger partial charge < -0.3 is 11.1 Å². The maximum atomic E-state index is 5.64. The fourth-order valence-electron chi connectivity index (χ4n) is 1.35. The highest BCUT2D eigenvalue weighted by Gasteiger charge is 2.07. The molecule has 6 heteroatoms. The molecule has 0 aliphatic carbocycles. The molecule has 0 saturated heterocycles. The first-order valence-corrected chi connectivity index (χ1v) is 5.37. The Bertz CT molecular complexity index is 541. The molecule has 0 aliphatic rings. The first kappa shape index (κ1) is 11.4. The summed E-state index contributed by atoms with van der Waals surface area (Å²) in [6.45, 7) is 1.90. The molecule has 0 radical (unpaired) electrons. The number of rotatable bonds is 3. The normalized spacial score (nSPS) is 9.94. The number of nitrogens with two attached hydrogens (primary N) is 1. The predicted octanol–water partition coefficient (Wildman–Crippen LogP) is 1.56. The van der Waals surface area contributed by atoms with Crippen LogP contribution >= 0.6 is 12.2 Å². The summed E-state index contributed by atoms with van der Waals surface area (Å²) in [6, 6.07) is 3.71. The van der Waals surface area contributed by atoms with Crippen molar-refractivity contribution in [1.29, 1.82) is 0 Å². The van der Waals surface area contributed by atoms with Crippen LogP contribution in [0.5, 0.6) is 0 Å².